The highest BCUT2D eigenvalue weighted by Gasteiger charge is 2.22. The van der Waals surface area contributed by atoms with Crippen molar-refractivity contribution in [3.63, 3.8) is 0 Å². The first-order chi connectivity index (χ1) is 12.6. The minimum atomic E-state index is -0.484. The lowest BCUT2D eigenvalue weighted by molar-refractivity contribution is -0.127. The van der Waals surface area contributed by atoms with Crippen molar-refractivity contribution in [2.45, 2.75) is 39.3 Å². The lowest BCUT2D eigenvalue weighted by atomic mass is 9.98. The quantitative estimate of drug-likeness (QED) is 0.803. The van der Waals surface area contributed by atoms with Crippen LogP contribution in [0.3, 0.4) is 0 Å². The van der Waals surface area contributed by atoms with Crippen molar-refractivity contribution in [3.05, 3.63) is 52.2 Å². The first-order valence-electron chi connectivity index (χ1n) is 9.36. The Kier molecular flexibility index (Phi) is 6.69. The van der Waals surface area contributed by atoms with Crippen LogP contribution < -0.4 is 10.1 Å². The van der Waals surface area contributed by atoms with E-state index in [0.717, 1.165) is 37.5 Å². The Morgan fingerprint density at radius 3 is 3.04 bits per heavy atom. The van der Waals surface area contributed by atoms with Gasteiger partial charge in [0.1, 0.15) is 5.75 Å². The Labute approximate surface area is 160 Å². The Morgan fingerprint density at radius 1 is 1.38 bits per heavy atom. The fourth-order valence-corrected chi connectivity index (χ4v) is 4.17. The molecule has 2 heterocycles. The molecule has 1 N–H and O–H groups in total. The average molecular weight is 373 g/mol. The fraction of sp³-hybridized carbons (Fsp3) is 0.476. The maximum absolute atomic E-state index is 12.4. The van der Waals surface area contributed by atoms with E-state index >= 15 is 0 Å². The molecule has 0 aliphatic carbocycles. The number of hydrogen-bond acceptors (Lipinski definition) is 4. The zero-order valence-corrected chi connectivity index (χ0v) is 16.4. The van der Waals surface area contributed by atoms with E-state index in [9.17, 15) is 4.79 Å². The number of carbonyl (C=O) groups excluding carboxylic acids is 1. The molecule has 1 fully saturated rings. The summed E-state index contributed by atoms with van der Waals surface area (Å²) in [6.07, 6.45) is 1.89. The molecule has 2 unspecified atom stereocenters. The van der Waals surface area contributed by atoms with Gasteiger partial charge in [0.25, 0.3) is 5.91 Å². The van der Waals surface area contributed by atoms with Gasteiger partial charge in [-0.15, -0.1) is 11.3 Å². The minimum absolute atomic E-state index is 0.0399. The largest absolute Gasteiger partial charge is 0.481 e. The molecule has 1 aliphatic rings. The summed E-state index contributed by atoms with van der Waals surface area (Å²) in [6, 6.07) is 12.1. The van der Waals surface area contributed by atoms with Crippen molar-refractivity contribution in [1.29, 1.82) is 0 Å². The van der Waals surface area contributed by atoms with Crippen molar-refractivity contribution in [2.75, 3.05) is 19.6 Å². The zero-order chi connectivity index (χ0) is 18.4. The van der Waals surface area contributed by atoms with Gasteiger partial charge in [0.05, 0.1) is 0 Å². The molecule has 1 saturated heterocycles. The number of aryl methyl sites for hydroxylation is 1. The van der Waals surface area contributed by atoms with Gasteiger partial charge >= 0.3 is 0 Å². The molecule has 0 bridgehead atoms. The molecule has 1 amide bonds. The summed E-state index contributed by atoms with van der Waals surface area (Å²) in [5.74, 6) is 1.22. The van der Waals surface area contributed by atoms with E-state index in [1.165, 1.54) is 17.7 Å². The van der Waals surface area contributed by atoms with Crippen LogP contribution in [0.15, 0.2) is 41.8 Å². The summed E-state index contributed by atoms with van der Waals surface area (Å²) < 4.78 is 5.77. The summed E-state index contributed by atoms with van der Waals surface area (Å²) in [5.41, 5.74) is 1.13. The number of rotatable bonds is 7. The van der Waals surface area contributed by atoms with E-state index in [1.54, 1.807) is 0 Å². The molecule has 5 heteroatoms. The number of hydrogen-bond donors (Lipinski definition) is 1. The smallest absolute Gasteiger partial charge is 0.260 e. The third kappa shape index (κ3) is 5.58. The van der Waals surface area contributed by atoms with Crippen LogP contribution in [0.25, 0.3) is 0 Å². The van der Waals surface area contributed by atoms with E-state index in [0.29, 0.717) is 5.92 Å². The number of carbonyl (C=O) groups is 1. The molecule has 0 radical (unpaired) electrons. The third-order valence-corrected chi connectivity index (χ3v) is 5.66. The second-order valence-electron chi connectivity index (χ2n) is 7.14. The lowest BCUT2D eigenvalue weighted by Crippen LogP contribution is -2.43. The first-order valence-corrected chi connectivity index (χ1v) is 10.2. The maximum Gasteiger partial charge on any atom is 0.260 e. The Morgan fingerprint density at radius 2 is 2.27 bits per heavy atom. The highest BCUT2D eigenvalue weighted by atomic mass is 32.1. The van der Waals surface area contributed by atoms with E-state index in [1.807, 2.05) is 49.4 Å². The van der Waals surface area contributed by atoms with Gasteiger partial charge in [-0.3, -0.25) is 9.69 Å². The highest BCUT2D eigenvalue weighted by molar-refractivity contribution is 7.09. The normalized spacial score (nSPS) is 19.1. The number of likely N-dealkylation sites (tertiary alicyclic amines) is 1. The van der Waals surface area contributed by atoms with E-state index in [-0.39, 0.29) is 5.91 Å². The predicted molar refractivity (Wildman–Crippen MR) is 107 cm³/mol. The lowest BCUT2D eigenvalue weighted by Gasteiger charge is -2.32. The predicted octanol–water partition coefficient (Wildman–Crippen LogP) is 3.85. The van der Waals surface area contributed by atoms with E-state index in [4.69, 9.17) is 4.74 Å². The number of benzene rings is 1. The molecule has 1 aromatic carbocycles. The van der Waals surface area contributed by atoms with Crippen molar-refractivity contribution < 1.29 is 9.53 Å². The van der Waals surface area contributed by atoms with Crippen molar-refractivity contribution >= 4 is 17.2 Å². The summed E-state index contributed by atoms with van der Waals surface area (Å²) in [4.78, 5) is 16.3. The molecule has 0 spiro atoms. The number of nitrogens with one attached hydrogen (secondary N) is 1. The van der Waals surface area contributed by atoms with Gasteiger partial charge in [-0.1, -0.05) is 18.2 Å². The molecule has 1 aliphatic heterocycles. The van der Waals surface area contributed by atoms with Gasteiger partial charge in [-0.05, 0) is 68.3 Å². The molecule has 3 rings (SSSR count). The molecule has 0 saturated carbocycles. The van der Waals surface area contributed by atoms with Gasteiger partial charge in [-0.2, -0.15) is 0 Å². The fourth-order valence-electron chi connectivity index (χ4n) is 3.42. The molecule has 26 heavy (non-hydrogen) atoms. The van der Waals surface area contributed by atoms with Crippen molar-refractivity contribution in [3.8, 4) is 5.75 Å². The SMILES string of the molecule is Cc1cccc(OC(C)C(=O)NCC2CCCN(Cc3cccs3)C2)c1. The minimum Gasteiger partial charge on any atom is -0.481 e. The van der Waals surface area contributed by atoms with Crippen LogP contribution in [-0.4, -0.2) is 36.5 Å². The maximum atomic E-state index is 12.4. The van der Waals surface area contributed by atoms with Gasteiger partial charge in [0.2, 0.25) is 0 Å². The van der Waals surface area contributed by atoms with Crippen LogP contribution in [0, 0.1) is 12.8 Å². The van der Waals surface area contributed by atoms with Gasteiger partial charge in [0, 0.05) is 24.5 Å². The van der Waals surface area contributed by atoms with Gasteiger partial charge < -0.3 is 10.1 Å². The van der Waals surface area contributed by atoms with Crippen LogP contribution in [0.2, 0.25) is 0 Å². The van der Waals surface area contributed by atoms with E-state index < -0.39 is 6.10 Å². The highest BCUT2D eigenvalue weighted by Crippen LogP contribution is 2.20. The Hall–Kier alpha value is -1.85. The monoisotopic (exact) mass is 372 g/mol. The van der Waals surface area contributed by atoms with Crippen LogP contribution in [0.4, 0.5) is 0 Å². The first kappa shape index (κ1) is 18.9. The van der Waals surface area contributed by atoms with Crippen LogP contribution in [0.5, 0.6) is 5.75 Å². The number of amides is 1. The van der Waals surface area contributed by atoms with Gasteiger partial charge in [-0.25, -0.2) is 0 Å². The molecular formula is C21H28N2O2S. The van der Waals surface area contributed by atoms with Crippen LogP contribution in [0.1, 0.15) is 30.2 Å². The average Bonchev–Trinajstić information content (AvgIpc) is 3.13. The standard InChI is InChI=1S/C21H28N2O2S/c1-16-6-3-8-19(12-16)25-17(2)21(24)22-13-18-7-4-10-23(14-18)15-20-9-5-11-26-20/h3,5-6,8-9,11-12,17-18H,4,7,10,13-15H2,1-2H3,(H,22,24). The Bertz CT molecular complexity index is 702. The third-order valence-electron chi connectivity index (χ3n) is 4.80. The second kappa shape index (κ2) is 9.19. The van der Waals surface area contributed by atoms with E-state index in [2.05, 4.69) is 27.7 Å². The number of piperidine rings is 1. The van der Waals surface area contributed by atoms with Crippen LogP contribution >= 0.6 is 11.3 Å². The molecule has 2 aromatic rings. The number of thiophene rings is 1. The molecular weight excluding hydrogens is 344 g/mol. The van der Waals surface area contributed by atoms with Crippen molar-refractivity contribution in [2.24, 2.45) is 5.92 Å². The molecule has 4 nitrogen and oxygen atoms in total. The summed E-state index contributed by atoms with van der Waals surface area (Å²) in [5, 5.41) is 5.21. The Balaban J connectivity index is 1.43. The number of nitrogens with zero attached hydrogens (tertiary/aromatic N) is 1. The second-order valence-corrected chi connectivity index (χ2v) is 8.18. The summed E-state index contributed by atoms with van der Waals surface area (Å²) >= 11 is 1.81. The summed E-state index contributed by atoms with van der Waals surface area (Å²) in [7, 11) is 0. The van der Waals surface area contributed by atoms with Gasteiger partial charge in [0.15, 0.2) is 6.10 Å². The topological polar surface area (TPSA) is 41.6 Å². The molecule has 2 atom stereocenters. The van der Waals surface area contributed by atoms with Crippen molar-refractivity contribution in [1.82, 2.24) is 10.2 Å². The molecule has 1 aromatic heterocycles. The number of ether oxygens (including phenoxy) is 1. The van der Waals surface area contributed by atoms with Crippen LogP contribution in [-0.2, 0) is 11.3 Å². The summed E-state index contributed by atoms with van der Waals surface area (Å²) in [6.45, 7) is 7.76. The zero-order valence-electron chi connectivity index (χ0n) is 15.6. The molecule has 140 valence electrons.